The highest BCUT2D eigenvalue weighted by molar-refractivity contribution is 6.77. The molecule has 0 heterocycles. The van der Waals surface area contributed by atoms with Crippen LogP contribution in [0.3, 0.4) is 0 Å². The molecule has 0 amide bonds. The van der Waals surface area contributed by atoms with E-state index in [4.69, 9.17) is 10.2 Å². The lowest BCUT2D eigenvalue weighted by molar-refractivity contribution is 0.320. The second kappa shape index (κ2) is 7.34. The molecule has 3 heteroatoms. The fourth-order valence-corrected chi connectivity index (χ4v) is 8.55. The first-order valence-electron chi connectivity index (χ1n) is 7.29. The van der Waals surface area contributed by atoms with Gasteiger partial charge in [-0.1, -0.05) is 54.5 Å². The fourth-order valence-electron chi connectivity index (χ4n) is 3.12. The number of nitrogens with two attached hydrogens (primary N) is 1. The Balaban J connectivity index is 5.35. The summed E-state index contributed by atoms with van der Waals surface area (Å²) in [7, 11) is -1.81. The van der Waals surface area contributed by atoms with Gasteiger partial charge in [0.1, 0.15) is 0 Å². The molecule has 108 valence electrons. The molecular formula is C15H33NOSi. The highest BCUT2D eigenvalue weighted by Gasteiger charge is 2.47. The summed E-state index contributed by atoms with van der Waals surface area (Å²) in [6, 6.07) is 0. The maximum absolute atomic E-state index is 6.64. The average molecular weight is 272 g/mol. The number of rotatable bonds is 7. The summed E-state index contributed by atoms with van der Waals surface area (Å²) in [6.07, 6.45) is 2.10. The van der Waals surface area contributed by atoms with Crippen molar-refractivity contribution in [3.8, 4) is 0 Å². The Labute approximate surface area is 115 Å². The van der Waals surface area contributed by atoms with Crippen LogP contribution in [-0.2, 0) is 4.43 Å². The number of hydrogen-bond acceptors (Lipinski definition) is 2. The molecule has 0 aliphatic rings. The van der Waals surface area contributed by atoms with Gasteiger partial charge in [0.05, 0.1) is 5.76 Å². The molecule has 1 unspecified atom stereocenters. The third-order valence-corrected chi connectivity index (χ3v) is 10.1. The van der Waals surface area contributed by atoms with Crippen LogP contribution in [0.1, 0.15) is 55.4 Å². The zero-order valence-electron chi connectivity index (χ0n) is 13.6. The molecule has 0 aromatic heterocycles. The summed E-state index contributed by atoms with van der Waals surface area (Å²) in [5.74, 6) is 1.42. The van der Waals surface area contributed by atoms with E-state index >= 15 is 0 Å². The lowest BCUT2D eigenvalue weighted by Crippen LogP contribution is -2.48. The van der Waals surface area contributed by atoms with Gasteiger partial charge in [0.2, 0.25) is 0 Å². The molecule has 0 aliphatic heterocycles. The van der Waals surface area contributed by atoms with Gasteiger partial charge in [-0.15, -0.1) is 0 Å². The van der Waals surface area contributed by atoms with Gasteiger partial charge in [0, 0.05) is 12.5 Å². The van der Waals surface area contributed by atoms with Crippen LogP contribution in [0.5, 0.6) is 0 Å². The van der Waals surface area contributed by atoms with Crippen molar-refractivity contribution in [2.24, 2.45) is 11.7 Å². The average Bonchev–Trinajstić information content (AvgIpc) is 2.28. The Bertz CT molecular complexity index is 250. The minimum absolute atomic E-state index is 0.318. The highest BCUT2D eigenvalue weighted by Crippen LogP contribution is 2.44. The van der Waals surface area contributed by atoms with Gasteiger partial charge >= 0.3 is 0 Å². The molecule has 0 spiro atoms. The first-order chi connectivity index (χ1) is 8.23. The third-order valence-electron chi connectivity index (χ3n) is 4.13. The van der Waals surface area contributed by atoms with E-state index in [1.807, 2.05) is 0 Å². The molecule has 0 fully saturated rings. The third kappa shape index (κ3) is 3.61. The largest absolute Gasteiger partial charge is 0.546 e. The zero-order chi connectivity index (χ0) is 14.5. The fraction of sp³-hybridized carbons (Fsp3) is 0.867. The molecule has 0 saturated carbocycles. The molecule has 18 heavy (non-hydrogen) atoms. The van der Waals surface area contributed by atoms with Crippen molar-refractivity contribution in [3.05, 3.63) is 11.8 Å². The van der Waals surface area contributed by atoms with E-state index in [1.165, 1.54) is 0 Å². The van der Waals surface area contributed by atoms with Gasteiger partial charge in [-0.25, -0.2) is 0 Å². The van der Waals surface area contributed by atoms with Crippen LogP contribution < -0.4 is 5.73 Å². The summed E-state index contributed by atoms with van der Waals surface area (Å²) >= 11 is 0. The van der Waals surface area contributed by atoms with Crippen molar-refractivity contribution in [1.29, 1.82) is 0 Å². The maximum Gasteiger partial charge on any atom is 0.258 e. The van der Waals surface area contributed by atoms with E-state index in [0.717, 1.165) is 5.76 Å². The Morgan fingerprint density at radius 2 is 1.39 bits per heavy atom. The predicted molar refractivity (Wildman–Crippen MR) is 84.1 cm³/mol. The molecule has 0 saturated heterocycles. The van der Waals surface area contributed by atoms with Crippen LogP contribution in [0, 0.1) is 5.92 Å². The van der Waals surface area contributed by atoms with E-state index in [2.05, 4.69) is 61.5 Å². The van der Waals surface area contributed by atoms with Crippen LogP contribution in [0.15, 0.2) is 11.8 Å². The molecule has 0 aromatic rings. The molecule has 0 bridgehead atoms. The quantitative estimate of drug-likeness (QED) is 0.539. The van der Waals surface area contributed by atoms with Crippen LogP contribution in [-0.4, -0.2) is 14.9 Å². The van der Waals surface area contributed by atoms with E-state index < -0.39 is 8.32 Å². The van der Waals surface area contributed by atoms with Gasteiger partial charge < -0.3 is 10.2 Å². The monoisotopic (exact) mass is 271 g/mol. The van der Waals surface area contributed by atoms with Crippen LogP contribution in [0.4, 0.5) is 0 Å². The van der Waals surface area contributed by atoms with Crippen molar-refractivity contribution in [1.82, 2.24) is 0 Å². The van der Waals surface area contributed by atoms with E-state index in [-0.39, 0.29) is 0 Å². The Hall–Kier alpha value is -0.283. The molecule has 0 rings (SSSR count). The topological polar surface area (TPSA) is 35.2 Å². The molecule has 2 N–H and O–H groups in total. The summed E-state index contributed by atoms with van der Waals surface area (Å²) in [6.45, 7) is 18.7. The summed E-state index contributed by atoms with van der Waals surface area (Å²) in [5.41, 5.74) is 7.62. The van der Waals surface area contributed by atoms with Crippen LogP contribution in [0.2, 0.25) is 16.6 Å². The first kappa shape index (κ1) is 17.7. The molecule has 0 aliphatic carbocycles. The maximum atomic E-state index is 6.64. The normalized spacial score (nSPS) is 15.7. The zero-order valence-corrected chi connectivity index (χ0v) is 14.6. The van der Waals surface area contributed by atoms with E-state index in [1.54, 1.807) is 0 Å². The Kier molecular flexibility index (Phi) is 7.23. The minimum atomic E-state index is -1.81. The number of allylic oxidation sites excluding steroid dienone is 1. The van der Waals surface area contributed by atoms with Crippen LogP contribution in [0.25, 0.3) is 0 Å². The summed E-state index contributed by atoms with van der Waals surface area (Å²) < 4.78 is 6.64. The molecule has 0 aromatic carbocycles. The van der Waals surface area contributed by atoms with Crippen molar-refractivity contribution >= 4 is 8.32 Å². The van der Waals surface area contributed by atoms with Gasteiger partial charge in [-0.3, -0.25) is 0 Å². The summed E-state index contributed by atoms with van der Waals surface area (Å²) in [5, 5.41) is 0. The SMILES string of the molecule is C/C=C(\O[Si](C(C)C)(C(C)C)C(C)C)C(C)CN. The lowest BCUT2D eigenvalue weighted by Gasteiger charge is -2.43. The molecule has 0 radical (unpaired) electrons. The van der Waals surface area contributed by atoms with Crippen molar-refractivity contribution in [2.45, 2.75) is 72.0 Å². The van der Waals surface area contributed by atoms with Crippen LogP contribution >= 0.6 is 0 Å². The van der Waals surface area contributed by atoms with Gasteiger partial charge in [-0.2, -0.15) is 0 Å². The highest BCUT2D eigenvalue weighted by atomic mass is 28.4. The van der Waals surface area contributed by atoms with Gasteiger partial charge in [-0.05, 0) is 23.5 Å². The second-order valence-corrected chi connectivity index (χ2v) is 11.6. The minimum Gasteiger partial charge on any atom is -0.546 e. The smallest absolute Gasteiger partial charge is 0.258 e. The van der Waals surface area contributed by atoms with E-state index in [9.17, 15) is 0 Å². The molecular weight excluding hydrogens is 238 g/mol. The van der Waals surface area contributed by atoms with Crippen molar-refractivity contribution in [2.75, 3.05) is 6.54 Å². The van der Waals surface area contributed by atoms with Gasteiger partial charge in [0.25, 0.3) is 8.32 Å². The second-order valence-electron chi connectivity index (χ2n) is 6.25. The lowest BCUT2D eigenvalue weighted by atomic mass is 10.1. The summed E-state index contributed by atoms with van der Waals surface area (Å²) in [4.78, 5) is 0. The van der Waals surface area contributed by atoms with Crippen molar-refractivity contribution < 1.29 is 4.43 Å². The first-order valence-corrected chi connectivity index (χ1v) is 9.43. The van der Waals surface area contributed by atoms with Gasteiger partial charge in [0.15, 0.2) is 0 Å². The Morgan fingerprint density at radius 1 is 1.00 bits per heavy atom. The molecule has 1 atom stereocenters. The molecule has 2 nitrogen and oxygen atoms in total. The van der Waals surface area contributed by atoms with E-state index in [0.29, 0.717) is 29.1 Å². The Morgan fingerprint density at radius 3 is 1.61 bits per heavy atom. The standard InChI is InChI=1S/C15H33NOSi/c1-9-15(14(8)10-16)17-18(11(2)3,12(4)5)13(6)7/h9,11-14H,10,16H2,1-8H3/b15-9-. The number of hydrogen-bond donors (Lipinski definition) is 1. The predicted octanol–water partition coefficient (Wildman–Crippen LogP) is 4.68. The van der Waals surface area contributed by atoms with Crippen molar-refractivity contribution in [3.63, 3.8) is 0 Å².